The molecule has 0 radical (unpaired) electrons. The van der Waals surface area contributed by atoms with Crippen molar-refractivity contribution >= 4 is 5.69 Å². The number of hydrogen-bond acceptors (Lipinski definition) is 2. The fourth-order valence-electron chi connectivity index (χ4n) is 3.09. The maximum absolute atomic E-state index is 13.0. The predicted octanol–water partition coefficient (Wildman–Crippen LogP) is 5.58. The van der Waals surface area contributed by atoms with Crippen molar-refractivity contribution in [3.63, 3.8) is 0 Å². The van der Waals surface area contributed by atoms with Gasteiger partial charge in [-0.15, -0.1) is 5.75 Å². The Morgan fingerprint density at radius 3 is 1.92 bits per heavy atom. The van der Waals surface area contributed by atoms with E-state index in [1.54, 1.807) is 0 Å². The Balaban J connectivity index is 2.46. The second-order valence-electron chi connectivity index (χ2n) is 9.13. The molecule has 0 spiro atoms. The highest BCUT2D eigenvalue weighted by atomic mass is 16.3. The van der Waals surface area contributed by atoms with Gasteiger partial charge < -0.3 is 10.4 Å². The summed E-state index contributed by atoms with van der Waals surface area (Å²) in [5.74, 6) is 0.166. The summed E-state index contributed by atoms with van der Waals surface area (Å²) in [6.45, 7) is 17.7. The summed E-state index contributed by atoms with van der Waals surface area (Å²) in [6, 6.07) is 10.4. The van der Waals surface area contributed by atoms with Crippen LogP contribution in [-0.4, -0.2) is 0 Å². The molecule has 0 amide bonds. The summed E-state index contributed by atoms with van der Waals surface area (Å²) >= 11 is 0. The van der Waals surface area contributed by atoms with Crippen molar-refractivity contribution in [3.05, 3.63) is 58.1 Å². The molecule has 1 N–H and O–H groups in total. The maximum Gasteiger partial charge on any atom is 0.0402 e. The first-order chi connectivity index (χ1) is 11.4. The average molecular weight is 339 g/mol. The summed E-state index contributed by atoms with van der Waals surface area (Å²) < 4.78 is 0. The Labute approximate surface area is 153 Å². The van der Waals surface area contributed by atoms with E-state index in [0.717, 1.165) is 16.8 Å². The Bertz CT molecular complexity index is 741. The largest absolute Gasteiger partial charge is 0.872 e. The second-order valence-corrected chi connectivity index (χ2v) is 9.13. The molecule has 2 rings (SSSR count). The van der Waals surface area contributed by atoms with E-state index in [-0.39, 0.29) is 16.6 Å². The molecular formula is C23H32NO-. The number of benzene rings is 2. The van der Waals surface area contributed by atoms with Gasteiger partial charge in [0.25, 0.3) is 0 Å². The van der Waals surface area contributed by atoms with Crippen molar-refractivity contribution in [1.29, 1.82) is 0 Å². The van der Waals surface area contributed by atoms with E-state index in [2.05, 4.69) is 91.0 Å². The van der Waals surface area contributed by atoms with Crippen molar-refractivity contribution in [2.45, 2.75) is 72.8 Å². The highest BCUT2D eigenvalue weighted by molar-refractivity contribution is 5.58. The van der Waals surface area contributed by atoms with E-state index in [9.17, 15) is 5.11 Å². The smallest absolute Gasteiger partial charge is 0.0402 e. The summed E-state index contributed by atoms with van der Waals surface area (Å²) in [7, 11) is 0. The lowest BCUT2D eigenvalue weighted by Crippen LogP contribution is -2.21. The van der Waals surface area contributed by atoms with Crippen molar-refractivity contribution in [2.24, 2.45) is 0 Å². The van der Waals surface area contributed by atoms with Gasteiger partial charge in [0, 0.05) is 12.2 Å². The molecule has 0 aliphatic rings. The number of para-hydroxylation sites is 1. The molecule has 0 fully saturated rings. The topological polar surface area (TPSA) is 35.1 Å². The van der Waals surface area contributed by atoms with Gasteiger partial charge in [-0.25, -0.2) is 0 Å². The van der Waals surface area contributed by atoms with Crippen LogP contribution in [0, 0.1) is 13.8 Å². The van der Waals surface area contributed by atoms with Gasteiger partial charge in [0.2, 0.25) is 0 Å². The lowest BCUT2D eigenvalue weighted by Gasteiger charge is -2.32. The summed E-state index contributed by atoms with van der Waals surface area (Å²) in [4.78, 5) is 0. The van der Waals surface area contributed by atoms with E-state index in [1.165, 1.54) is 16.7 Å². The molecule has 0 saturated carbocycles. The van der Waals surface area contributed by atoms with Crippen LogP contribution in [0.1, 0.15) is 69.4 Å². The molecule has 0 aliphatic carbocycles. The fraction of sp³-hybridized carbons (Fsp3) is 0.478. The van der Waals surface area contributed by atoms with Crippen molar-refractivity contribution in [2.75, 3.05) is 5.32 Å². The normalized spacial score (nSPS) is 12.3. The zero-order valence-corrected chi connectivity index (χ0v) is 17.0. The molecule has 2 heteroatoms. The molecule has 0 atom stereocenters. The lowest BCUT2D eigenvalue weighted by molar-refractivity contribution is -0.271. The van der Waals surface area contributed by atoms with Crippen molar-refractivity contribution in [3.8, 4) is 5.75 Å². The summed E-state index contributed by atoms with van der Waals surface area (Å²) in [5.41, 5.74) is 6.35. The lowest BCUT2D eigenvalue weighted by atomic mass is 9.79. The van der Waals surface area contributed by atoms with E-state index in [4.69, 9.17) is 0 Å². The average Bonchev–Trinajstić information content (AvgIpc) is 2.45. The van der Waals surface area contributed by atoms with Gasteiger partial charge in [0.1, 0.15) is 0 Å². The number of anilines is 1. The Kier molecular flexibility index (Phi) is 5.22. The zero-order valence-electron chi connectivity index (χ0n) is 17.0. The SMILES string of the molecule is Cc1cccc(C)c1NCc1cc(C(C)(C)C)cc(C(C)(C)C)c1[O-]. The minimum atomic E-state index is -0.161. The van der Waals surface area contributed by atoms with Crippen LogP contribution >= 0.6 is 0 Å². The Morgan fingerprint density at radius 2 is 1.44 bits per heavy atom. The van der Waals surface area contributed by atoms with Crippen LogP contribution in [0.3, 0.4) is 0 Å². The highest BCUT2D eigenvalue weighted by Crippen LogP contribution is 2.36. The van der Waals surface area contributed by atoms with Crippen molar-refractivity contribution < 1.29 is 5.11 Å². The minimum absolute atomic E-state index is 0.0149. The number of hydrogen-bond donors (Lipinski definition) is 1. The molecule has 2 aromatic carbocycles. The number of aryl methyl sites for hydroxylation is 2. The van der Waals surface area contributed by atoms with Crippen molar-refractivity contribution in [1.82, 2.24) is 0 Å². The van der Waals surface area contributed by atoms with Gasteiger partial charge in [0.15, 0.2) is 0 Å². The molecule has 2 nitrogen and oxygen atoms in total. The monoisotopic (exact) mass is 338 g/mol. The van der Waals surface area contributed by atoms with Gasteiger partial charge in [-0.2, -0.15) is 0 Å². The third-order valence-electron chi connectivity index (χ3n) is 4.78. The molecule has 0 aliphatic heterocycles. The molecule has 2 aromatic rings. The van der Waals surface area contributed by atoms with E-state index >= 15 is 0 Å². The van der Waals surface area contributed by atoms with Gasteiger partial charge >= 0.3 is 0 Å². The Morgan fingerprint density at radius 1 is 0.880 bits per heavy atom. The zero-order chi connectivity index (χ0) is 19.0. The molecule has 0 unspecified atom stereocenters. The van der Waals surface area contributed by atoms with Crippen LogP contribution < -0.4 is 10.4 Å². The van der Waals surface area contributed by atoms with Crippen LogP contribution in [0.15, 0.2) is 30.3 Å². The minimum Gasteiger partial charge on any atom is -0.872 e. The summed E-state index contributed by atoms with van der Waals surface area (Å²) in [6.07, 6.45) is 0. The molecule has 0 saturated heterocycles. The quantitative estimate of drug-likeness (QED) is 0.792. The molecule has 0 bridgehead atoms. The molecule has 25 heavy (non-hydrogen) atoms. The van der Waals surface area contributed by atoms with E-state index < -0.39 is 0 Å². The molecule has 0 aromatic heterocycles. The Hall–Kier alpha value is -1.96. The first-order valence-electron chi connectivity index (χ1n) is 9.06. The second kappa shape index (κ2) is 6.74. The molecule has 0 heterocycles. The third kappa shape index (κ3) is 4.36. The maximum atomic E-state index is 13.0. The first kappa shape index (κ1) is 19.4. The number of rotatable bonds is 3. The van der Waals surface area contributed by atoms with E-state index in [1.807, 2.05) is 0 Å². The predicted molar refractivity (Wildman–Crippen MR) is 107 cm³/mol. The standard InChI is InChI=1S/C23H33NO/c1-15-10-9-11-16(2)20(15)24-14-17-12-18(22(3,4)5)13-19(21(17)25)23(6,7)8/h9-13,24-25H,14H2,1-8H3/p-1. The number of nitrogens with one attached hydrogen (secondary N) is 1. The van der Waals surface area contributed by atoms with Crippen LogP contribution in [-0.2, 0) is 17.4 Å². The van der Waals surface area contributed by atoms with Crippen LogP contribution in [0.4, 0.5) is 5.69 Å². The van der Waals surface area contributed by atoms with Crippen LogP contribution in [0.2, 0.25) is 0 Å². The summed E-state index contributed by atoms with van der Waals surface area (Å²) in [5, 5.41) is 16.5. The van der Waals surface area contributed by atoms with Gasteiger partial charge in [0.05, 0.1) is 0 Å². The van der Waals surface area contributed by atoms with E-state index in [0.29, 0.717) is 6.54 Å². The molecular weight excluding hydrogens is 306 g/mol. The van der Waals surface area contributed by atoms with Gasteiger partial charge in [-0.05, 0) is 52.5 Å². The van der Waals surface area contributed by atoms with Gasteiger partial charge in [-0.3, -0.25) is 0 Å². The third-order valence-corrected chi connectivity index (χ3v) is 4.78. The highest BCUT2D eigenvalue weighted by Gasteiger charge is 2.21. The van der Waals surface area contributed by atoms with Crippen LogP contribution in [0.5, 0.6) is 5.75 Å². The first-order valence-corrected chi connectivity index (χ1v) is 9.06. The fourth-order valence-corrected chi connectivity index (χ4v) is 3.09. The van der Waals surface area contributed by atoms with Gasteiger partial charge in [-0.1, -0.05) is 71.9 Å². The molecule has 136 valence electrons. The van der Waals surface area contributed by atoms with Crippen LogP contribution in [0.25, 0.3) is 0 Å².